The number of nitrogens with zero attached hydrogens (tertiary/aromatic N) is 1. The third kappa shape index (κ3) is 8.66. The number of amides is 1. The van der Waals surface area contributed by atoms with Gasteiger partial charge >= 0.3 is 6.09 Å². The van der Waals surface area contributed by atoms with Crippen LogP contribution in [0.3, 0.4) is 0 Å². The van der Waals surface area contributed by atoms with Crippen molar-refractivity contribution in [2.24, 2.45) is 0 Å². The van der Waals surface area contributed by atoms with Gasteiger partial charge in [-0.2, -0.15) is 0 Å². The fourth-order valence-corrected chi connectivity index (χ4v) is 3.84. The number of anilines is 1. The van der Waals surface area contributed by atoms with E-state index in [9.17, 15) is 4.79 Å². The predicted molar refractivity (Wildman–Crippen MR) is 123 cm³/mol. The molecular formula is C22H40N2O4Si. The van der Waals surface area contributed by atoms with E-state index in [1.54, 1.807) is 7.11 Å². The second kappa shape index (κ2) is 9.85. The van der Waals surface area contributed by atoms with Crippen molar-refractivity contribution in [3.05, 3.63) is 24.3 Å². The summed E-state index contributed by atoms with van der Waals surface area (Å²) < 4.78 is 17.2. The summed E-state index contributed by atoms with van der Waals surface area (Å²) in [6, 6.07) is 7.91. The average molecular weight is 425 g/mol. The molecular weight excluding hydrogens is 384 g/mol. The fourth-order valence-electron chi connectivity index (χ4n) is 2.50. The molecule has 1 amide bonds. The third-order valence-corrected chi connectivity index (χ3v) is 9.67. The number of methoxy groups -OCH3 is 1. The smallest absolute Gasteiger partial charge is 0.407 e. The molecule has 1 atom stereocenters. The molecule has 1 aromatic rings. The van der Waals surface area contributed by atoms with Gasteiger partial charge in [0.2, 0.25) is 0 Å². The Bertz CT molecular complexity index is 648. The maximum absolute atomic E-state index is 12.1. The molecule has 166 valence electrons. The van der Waals surface area contributed by atoms with E-state index < -0.39 is 20.0 Å². The van der Waals surface area contributed by atoms with Gasteiger partial charge in [-0.15, -0.1) is 0 Å². The van der Waals surface area contributed by atoms with E-state index in [1.807, 2.05) is 52.1 Å². The van der Waals surface area contributed by atoms with Crippen LogP contribution >= 0.6 is 0 Å². The Hall–Kier alpha value is -1.73. The van der Waals surface area contributed by atoms with Crippen molar-refractivity contribution in [2.45, 2.75) is 71.4 Å². The maximum Gasteiger partial charge on any atom is 0.407 e. The van der Waals surface area contributed by atoms with Gasteiger partial charge < -0.3 is 24.1 Å². The van der Waals surface area contributed by atoms with Gasteiger partial charge in [-0.3, -0.25) is 0 Å². The zero-order valence-corrected chi connectivity index (χ0v) is 20.9. The lowest BCUT2D eigenvalue weighted by Crippen LogP contribution is -2.50. The molecule has 0 aliphatic heterocycles. The molecule has 0 radical (unpaired) electrons. The number of rotatable bonds is 8. The highest BCUT2D eigenvalue weighted by Crippen LogP contribution is 2.37. The molecule has 0 saturated heterocycles. The maximum atomic E-state index is 12.1. The van der Waals surface area contributed by atoms with E-state index in [-0.39, 0.29) is 11.1 Å². The third-order valence-electron chi connectivity index (χ3n) is 5.13. The lowest BCUT2D eigenvalue weighted by Gasteiger charge is -2.40. The first-order chi connectivity index (χ1) is 13.1. The Morgan fingerprint density at radius 1 is 1.10 bits per heavy atom. The van der Waals surface area contributed by atoms with Crippen molar-refractivity contribution in [3.8, 4) is 5.75 Å². The summed E-state index contributed by atoms with van der Waals surface area (Å²) in [6.07, 6.45) is -0.580. The molecule has 0 aromatic heterocycles. The van der Waals surface area contributed by atoms with Crippen LogP contribution in [0.15, 0.2) is 24.3 Å². The molecule has 0 heterocycles. The number of ether oxygens (including phenoxy) is 2. The van der Waals surface area contributed by atoms with Crippen LogP contribution in [0, 0.1) is 0 Å². The number of hydrogen-bond donors (Lipinski definition) is 1. The highest BCUT2D eigenvalue weighted by molar-refractivity contribution is 6.74. The lowest BCUT2D eigenvalue weighted by atomic mass is 10.2. The Labute approximate surface area is 178 Å². The topological polar surface area (TPSA) is 60.0 Å². The van der Waals surface area contributed by atoms with Crippen LogP contribution in [0.4, 0.5) is 10.5 Å². The van der Waals surface area contributed by atoms with E-state index >= 15 is 0 Å². The van der Waals surface area contributed by atoms with Gasteiger partial charge in [-0.1, -0.05) is 20.8 Å². The highest BCUT2D eigenvalue weighted by atomic mass is 28.4. The summed E-state index contributed by atoms with van der Waals surface area (Å²) in [5.41, 5.74) is 0.534. The van der Waals surface area contributed by atoms with Crippen LogP contribution in [0.1, 0.15) is 41.5 Å². The monoisotopic (exact) mass is 424 g/mol. The Kier molecular flexibility index (Phi) is 8.59. The largest absolute Gasteiger partial charge is 0.497 e. The summed E-state index contributed by atoms with van der Waals surface area (Å²) >= 11 is 0. The van der Waals surface area contributed by atoms with E-state index in [2.05, 4.69) is 44.1 Å². The van der Waals surface area contributed by atoms with Crippen molar-refractivity contribution in [2.75, 3.05) is 32.1 Å². The zero-order chi connectivity index (χ0) is 22.5. The quantitative estimate of drug-likeness (QED) is 0.592. The van der Waals surface area contributed by atoms with E-state index in [4.69, 9.17) is 13.9 Å². The van der Waals surface area contributed by atoms with Crippen molar-refractivity contribution in [1.82, 2.24) is 5.32 Å². The number of carbonyl (C=O) groups excluding carboxylic acids is 1. The summed E-state index contributed by atoms with van der Waals surface area (Å²) in [6.45, 7) is 17.7. The molecule has 0 aliphatic carbocycles. The molecule has 0 saturated carbocycles. The van der Waals surface area contributed by atoms with Crippen LogP contribution < -0.4 is 15.0 Å². The number of carbonyl (C=O) groups is 1. The summed E-state index contributed by atoms with van der Waals surface area (Å²) in [5, 5.41) is 2.96. The first kappa shape index (κ1) is 25.3. The molecule has 0 aliphatic rings. The minimum absolute atomic E-state index is 0.0792. The molecule has 7 heteroatoms. The lowest BCUT2D eigenvalue weighted by molar-refractivity contribution is 0.0498. The van der Waals surface area contributed by atoms with Crippen LogP contribution in [-0.2, 0) is 9.16 Å². The molecule has 1 rings (SSSR count). The number of benzene rings is 1. The molecule has 0 bridgehead atoms. The Balaban J connectivity index is 2.89. The molecule has 29 heavy (non-hydrogen) atoms. The van der Waals surface area contributed by atoms with Crippen LogP contribution in [0.2, 0.25) is 18.1 Å². The Morgan fingerprint density at radius 3 is 2.10 bits per heavy atom. The number of hydrogen-bond acceptors (Lipinski definition) is 5. The standard InChI is InChI=1S/C22H40N2O4Si/c1-21(2,3)27-20(25)23-15-19(28-29(9,10)22(4,5)6)16-24(7)17-11-13-18(26-8)14-12-17/h11-14,19H,15-16H2,1-10H3,(H,23,25). The second-order valence-corrected chi connectivity index (χ2v) is 14.7. The zero-order valence-electron chi connectivity index (χ0n) is 19.9. The van der Waals surface area contributed by atoms with Crippen LogP contribution in [-0.4, -0.2) is 53.4 Å². The van der Waals surface area contributed by atoms with Crippen LogP contribution in [0.25, 0.3) is 0 Å². The molecule has 6 nitrogen and oxygen atoms in total. The van der Waals surface area contributed by atoms with Gasteiger partial charge in [-0.05, 0) is 63.2 Å². The molecule has 1 aromatic carbocycles. The van der Waals surface area contributed by atoms with Gasteiger partial charge in [-0.25, -0.2) is 4.79 Å². The van der Waals surface area contributed by atoms with Crippen molar-refractivity contribution in [1.29, 1.82) is 0 Å². The molecule has 0 spiro atoms. The average Bonchev–Trinajstić information content (AvgIpc) is 2.57. The Morgan fingerprint density at radius 2 is 1.66 bits per heavy atom. The molecule has 1 N–H and O–H groups in total. The SMILES string of the molecule is COc1ccc(N(C)CC(CNC(=O)OC(C)(C)C)O[Si](C)(C)C(C)(C)C)cc1. The van der Waals surface area contributed by atoms with Gasteiger partial charge in [0.1, 0.15) is 11.4 Å². The van der Waals surface area contributed by atoms with E-state index in [0.29, 0.717) is 13.1 Å². The summed E-state index contributed by atoms with van der Waals surface area (Å²) in [5.74, 6) is 0.822. The van der Waals surface area contributed by atoms with Gasteiger partial charge in [0.25, 0.3) is 0 Å². The van der Waals surface area contributed by atoms with Crippen molar-refractivity contribution in [3.63, 3.8) is 0 Å². The number of alkyl carbamates (subject to hydrolysis) is 1. The van der Waals surface area contributed by atoms with Gasteiger partial charge in [0, 0.05) is 25.8 Å². The van der Waals surface area contributed by atoms with Gasteiger partial charge in [0.15, 0.2) is 8.32 Å². The first-order valence-corrected chi connectivity index (χ1v) is 13.1. The van der Waals surface area contributed by atoms with Gasteiger partial charge in [0.05, 0.1) is 13.2 Å². The highest BCUT2D eigenvalue weighted by Gasteiger charge is 2.39. The minimum atomic E-state index is -2.01. The fraction of sp³-hybridized carbons (Fsp3) is 0.682. The van der Waals surface area contributed by atoms with Crippen molar-refractivity contribution < 1.29 is 18.7 Å². The molecule has 0 fully saturated rings. The van der Waals surface area contributed by atoms with E-state index in [0.717, 1.165) is 11.4 Å². The summed E-state index contributed by atoms with van der Waals surface area (Å²) in [7, 11) is 1.67. The minimum Gasteiger partial charge on any atom is -0.497 e. The molecule has 1 unspecified atom stereocenters. The van der Waals surface area contributed by atoms with E-state index in [1.165, 1.54) is 0 Å². The number of likely N-dealkylation sites (N-methyl/N-ethyl adjacent to an activating group) is 1. The van der Waals surface area contributed by atoms with Crippen molar-refractivity contribution >= 4 is 20.1 Å². The predicted octanol–water partition coefficient (Wildman–Crippen LogP) is 5.05. The second-order valence-electron chi connectivity index (χ2n) is 9.96. The van der Waals surface area contributed by atoms with Crippen LogP contribution in [0.5, 0.6) is 5.75 Å². The normalized spacial score (nSPS) is 13.6. The number of nitrogens with one attached hydrogen (secondary N) is 1. The summed E-state index contributed by atoms with van der Waals surface area (Å²) in [4.78, 5) is 14.3. The first-order valence-electron chi connectivity index (χ1n) is 10.1.